The maximum atomic E-state index is 12.6. The summed E-state index contributed by atoms with van der Waals surface area (Å²) in [5.74, 6) is -1.28. The van der Waals surface area contributed by atoms with Gasteiger partial charge in [0.2, 0.25) is 11.9 Å². The number of hydrogen-bond acceptors (Lipinski definition) is 4. The SMILES string of the molecule is Nc1ccc(F)nc1CC(Cl)(Cl)Cl.O=C(O)Nc1ccc(F)nc1. The Kier molecular flexibility index (Phi) is 7.40. The zero-order valence-corrected chi connectivity index (χ0v) is 14.1. The Hall–Kier alpha value is -1.90. The highest BCUT2D eigenvalue weighted by atomic mass is 35.6. The maximum Gasteiger partial charge on any atom is 0.409 e. The number of anilines is 2. The third-order valence-corrected chi connectivity index (χ3v) is 2.72. The van der Waals surface area contributed by atoms with Crippen molar-refractivity contribution in [1.29, 1.82) is 0 Å². The average molecular weight is 400 g/mol. The minimum atomic E-state index is -1.51. The quantitative estimate of drug-likeness (QED) is 0.523. The van der Waals surface area contributed by atoms with Crippen LogP contribution in [0, 0.1) is 11.9 Å². The van der Waals surface area contributed by atoms with Crippen LogP contribution in [0.15, 0.2) is 30.5 Å². The van der Waals surface area contributed by atoms with Crippen molar-refractivity contribution >= 4 is 52.3 Å². The first-order valence-corrected chi connectivity index (χ1v) is 7.29. The molecule has 2 heterocycles. The number of rotatable bonds is 2. The molecule has 4 N–H and O–H groups in total. The van der Waals surface area contributed by atoms with Gasteiger partial charge in [-0.25, -0.2) is 14.8 Å². The molecule has 0 fully saturated rings. The zero-order valence-electron chi connectivity index (χ0n) is 11.8. The molecule has 2 rings (SSSR count). The van der Waals surface area contributed by atoms with Gasteiger partial charge in [0.25, 0.3) is 0 Å². The highest BCUT2D eigenvalue weighted by Crippen LogP contribution is 2.31. The van der Waals surface area contributed by atoms with E-state index in [4.69, 9.17) is 45.6 Å². The molecule has 0 aliphatic heterocycles. The molecular weight excluding hydrogens is 389 g/mol. The molecule has 0 unspecified atom stereocenters. The molecule has 2 aromatic rings. The fraction of sp³-hybridized carbons (Fsp3) is 0.154. The van der Waals surface area contributed by atoms with Crippen LogP contribution in [0.5, 0.6) is 0 Å². The van der Waals surface area contributed by atoms with Gasteiger partial charge in [-0.05, 0) is 24.3 Å². The summed E-state index contributed by atoms with van der Waals surface area (Å²) in [5.41, 5.74) is 6.30. The standard InChI is InChI=1S/C7H6Cl3FN2.C6H5FN2O2/c8-7(9,10)3-5-4(12)1-2-6(11)13-5;7-5-2-1-4(3-8-5)9-6(10)11/h1-2H,3,12H2;1-3,9H,(H,10,11). The summed E-state index contributed by atoms with van der Waals surface area (Å²) in [5, 5.41) is 10.2. The lowest BCUT2D eigenvalue weighted by Gasteiger charge is -2.11. The third kappa shape index (κ3) is 8.09. The van der Waals surface area contributed by atoms with E-state index >= 15 is 0 Å². The number of halogens is 5. The van der Waals surface area contributed by atoms with Crippen LogP contribution in [0.4, 0.5) is 25.0 Å². The Labute approximate surface area is 150 Å². The molecule has 0 saturated heterocycles. The Morgan fingerprint density at radius 2 is 1.83 bits per heavy atom. The lowest BCUT2D eigenvalue weighted by Crippen LogP contribution is -2.11. The zero-order chi connectivity index (χ0) is 18.3. The van der Waals surface area contributed by atoms with Gasteiger partial charge in [-0.1, -0.05) is 34.8 Å². The van der Waals surface area contributed by atoms with Crippen molar-refractivity contribution in [2.45, 2.75) is 10.2 Å². The lowest BCUT2D eigenvalue weighted by molar-refractivity contribution is 0.209. The smallest absolute Gasteiger partial charge is 0.409 e. The second-order valence-electron chi connectivity index (χ2n) is 4.26. The summed E-state index contributed by atoms with van der Waals surface area (Å²) < 4.78 is 23.3. The van der Waals surface area contributed by atoms with E-state index in [1.807, 2.05) is 5.32 Å². The summed E-state index contributed by atoms with van der Waals surface area (Å²) in [7, 11) is 0. The normalized spacial score (nSPS) is 10.5. The molecular formula is C13H11Cl3F2N4O2. The van der Waals surface area contributed by atoms with Gasteiger partial charge in [0, 0.05) is 6.42 Å². The molecule has 0 bridgehead atoms. The molecule has 2 aromatic heterocycles. The highest BCUT2D eigenvalue weighted by molar-refractivity contribution is 6.67. The number of nitrogens with zero attached hydrogens (tertiary/aromatic N) is 2. The first-order valence-electron chi connectivity index (χ1n) is 6.16. The molecule has 0 radical (unpaired) electrons. The van der Waals surface area contributed by atoms with E-state index in [2.05, 4.69) is 9.97 Å². The number of nitrogen functional groups attached to an aromatic ring is 1. The Morgan fingerprint density at radius 1 is 1.21 bits per heavy atom. The lowest BCUT2D eigenvalue weighted by atomic mass is 10.2. The molecule has 6 nitrogen and oxygen atoms in total. The van der Waals surface area contributed by atoms with E-state index in [0.29, 0.717) is 5.69 Å². The van der Waals surface area contributed by atoms with Gasteiger partial charge in [0.05, 0.1) is 23.3 Å². The van der Waals surface area contributed by atoms with Gasteiger partial charge in [-0.2, -0.15) is 8.78 Å². The Balaban J connectivity index is 0.000000243. The number of alkyl halides is 3. The van der Waals surface area contributed by atoms with Crippen LogP contribution in [0.25, 0.3) is 0 Å². The molecule has 0 atom stereocenters. The van der Waals surface area contributed by atoms with E-state index in [0.717, 1.165) is 18.3 Å². The molecule has 130 valence electrons. The third-order valence-electron chi connectivity index (χ3n) is 2.32. The van der Waals surface area contributed by atoms with E-state index in [9.17, 15) is 13.6 Å². The number of nitrogens with one attached hydrogen (secondary N) is 1. The number of nitrogens with two attached hydrogens (primary N) is 1. The average Bonchev–Trinajstić information content (AvgIpc) is 2.44. The minimum absolute atomic E-state index is 0.0126. The van der Waals surface area contributed by atoms with E-state index < -0.39 is 21.8 Å². The van der Waals surface area contributed by atoms with Crippen LogP contribution in [0.2, 0.25) is 0 Å². The van der Waals surface area contributed by atoms with Crippen LogP contribution >= 0.6 is 34.8 Å². The van der Waals surface area contributed by atoms with Crippen LogP contribution < -0.4 is 11.1 Å². The van der Waals surface area contributed by atoms with Gasteiger partial charge in [0.1, 0.15) is 0 Å². The van der Waals surface area contributed by atoms with Gasteiger partial charge in [0.15, 0.2) is 3.79 Å². The topological polar surface area (TPSA) is 101 Å². The number of pyridine rings is 2. The van der Waals surface area contributed by atoms with E-state index in [-0.39, 0.29) is 17.8 Å². The first kappa shape index (κ1) is 20.1. The molecule has 24 heavy (non-hydrogen) atoms. The van der Waals surface area contributed by atoms with Crippen LogP contribution in [-0.2, 0) is 6.42 Å². The van der Waals surface area contributed by atoms with E-state index in [1.54, 1.807) is 0 Å². The van der Waals surface area contributed by atoms with Crippen LogP contribution in [-0.4, -0.2) is 25.0 Å². The van der Waals surface area contributed by atoms with Crippen molar-refractivity contribution in [3.63, 3.8) is 0 Å². The molecule has 0 spiro atoms. The second kappa shape index (κ2) is 8.81. The minimum Gasteiger partial charge on any atom is -0.465 e. The number of hydrogen-bond donors (Lipinski definition) is 3. The maximum absolute atomic E-state index is 12.6. The number of aromatic nitrogens is 2. The van der Waals surface area contributed by atoms with Gasteiger partial charge in [-0.15, -0.1) is 0 Å². The predicted octanol–water partition coefficient (Wildman–Crippen LogP) is 4.03. The molecule has 0 aliphatic carbocycles. The summed E-state index contributed by atoms with van der Waals surface area (Å²) >= 11 is 16.5. The van der Waals surface area contributed by atoms with Crippen molar-refractivity contribution in [3.8, 4) is 0 Å². The summed E-state index contributed by atoms with van der Waals surface area (Å²) in [6, 6.07) is 4.90. The monoisotopic (exact) mass is 398 g/mol. The summed E-state index contributed by atoms with van der Waals surface area (Å²) in [6.45, 7) is 0. The number of amides is 1. The van der Waals surface area contributed by atoms with E-state index in [1.165, 1.54) is 12.1 Å². The largest absolute Gasteiger partial charge is 0.465 e. The van der Waals surface area contributed by atoms with Crippen LogP contribution in [0.1, 0.15) is 5.69 Å². The van der Waals surface area contributed by atoms with Crippen LogP contribution in [0.3, 0.4) is 0 Å². The summed E-state index contributed by atoms with van der Waals surface area (Å²) in [6.07, 6.45) is -0.108. The molecule has 0 saturated carbocycles. The van der Waals surface area contributed by atoms with Crippen molar-refractivity contribution in [2.75, 3.05) is 11.1 Å². The Morgan fingerprint density at radius 3 is 2.33 bits per heavy atom. The number of carboxylic acid groups (broad SMARTS) is 1. The van der Waals surface area contributed by atoms with Crippen molar-refractivity contribution in [1.82, 2.24) is 9.97 Å². The second-order valence-corrected chi connectivity index (χ2v) is 6.78. The molecule has 0 aromatic carbocycles. The molecule has 0 aliphatic rings. The van der Waals surface area contributed by atoms with Gasteiger partial charge in [-0.3, -0.25) is 5.32 Å². The van der Waals surface area contributed by atoms with Gasteiger partial charge >= 0.3 is 6.09 Å². The fourth-order valence-corrected chi connectivity index (χ4v) is 1.77. The predicted molar refractivity (Wildman–Crippen MR) is 88.4 cm³/mol. The molecule has 1 amide bonds. The number of carbonyl (C=O) groups is 1. The van der Waals surface area contributed by atoms with Crippen molar-refractivity contribution in [2.24, 2.45) is 0 Å². The molecule has 11 heteroatoms. The highest BCUT2D eigenvalue weighted by Gasteiger charge is 2.22. The summed E-state index contributed by atoms with van der Waals surface area (Å²) in [4.78, 5) is 16.8. The van der Waals surface area contributed by atoms with Crippen molar-refractivity contribution in [3.05, 3.63) is 48.1 Å². The fourth-order valence-electron chi connectivity index (χ4n) is 1.39. The van der Waals surface area contributed by atoms with Gasteiger partial charge < -0.3 is 10.8 Å². The van der Waals surface area contributed by atoms with Crippen molar-refractivity contribution < 1.29 is 18.7 Å². The Bertz CT molecular complexity index is 697. The first-order chi connectivity index (χ1) is 11.1.